The van der Waals surface area contributed by atoms with Crippen LogP contribution in [0.25, 0.3) is 0 Å². The molecule has 0 aliphatic heterocycles. The van der Waals surface area contributed by atoms with Gasteiger partial charge in [-0.15, -0.1) is 0 Å². The number of aromatic hydroxyl groups is 1. The van der Waals surface area contributed by atoms with Gasteiger partial charge in [0, 0.05) is 48.5 Å². The normalized spacial score (nSPS) is 21.8. The van der Waals surface area contributed by atoms with Gasteiger partial charge in [-0.1, -0.05) is 43.3 Å². The fraction of sp³-hybridized carbons (Fsp3) is 0.429. The molecule has 14 nitrogen and oxygen atoms in total. The molecule has 0 spiro atoms. The van der Waals surface area contributed by atoms with Gasteiger partial charge >= 0.3 is 11.9 Å². The largest absolute Gasteiger partial charge is 0.504 e. The van der Waals surface area contributed by atoms with Crippen molar-refractivity contribution in [2.45, 2.75) is 104 Å². The molecule has 0 radical (unpaired) electrons. The molecule has 0 amide bonds. The number of rotatable bonds is 15. The molecule has 0 unspecified atom stereocenters. The summed E-state index contributed by atoms with van der Waals surface area (Å²) in [6, 6.07) is 19.8. The van der Waals surface area contributed by atoms with Crippen LogP contribution >= 0.6 is 0 Å². The summed E-state index contributed by atoms with van der Waals surface area (Å²) in [4.78, 5) is 46.5. The zero-order valence-corrected chi connectivity index (χ0v) is 42.9. The van der Waals surface area contributed by atoms with Crippen molar-refractivity contribution >= 4 is 11.9 Å². The number of aliphatic hydroxyl groups excluding tert-OH is 1. The number of hydrogen-bond acceptors (Lipinski definition) is 14. The lowest BCUT2D eigenvalue weighted by molar-refractivity contribution is -0.142. The molecule has 9 rings (SSSR count). The Morgan fingerprint density at radius 1 is 0.575 bits per heavy atom. The molecular formula is C56H65F3N6O8. The molecule has 6 atom stereocenters. The second-order valence-electron chi connectivity index (χ2n) is 19.0. The smallest absolute Gasteiger partial charge is 0.302 e. The third kappa shape index (κ3) is 14.4. The first-order valence-corrected chi connectivity index (χ1v) is 24.2. The predicted octanol–water partition coefficient (Wildman–Crippen LogP) is 9.55. The Labute approximate surface area is 424 Å². The lowest BCUT2D eigenvalue weighted by Gasteiger charge is -2.20. The number of carbonyl (C=O) groups is 2. The number of aryl methyl sites for hydroxylation is 6. The number of ether oxygens (including phenoxy) is 4. The molecule has 73 heavy (non-hydrogen) atoms. The second-order valence-corrected chi connectivity index (χ2v) is 19.0. The Kier molecular flexibility index (Phi) is 18.3. The van der Waals surface area contributed by atoms with Gasteiger partial charge in [0.25, 0.3) is 0 Å². The van der Waals surface area contributed by atoms with E-state index in [9.17, 15) is 27.9 Å². The van der Waals surface area contributed by atoms with E-state index < -0.39 is 0 Å². The third-order valence-electron chi connectivity index (χ3n) is 13.9. The number of aliphatic hydroxyl groups is 1. The summed E-state index contributed by atoms with van der Waals surface area (Å²) in [6.45, 7) is 17.4. The molecule has 3 aliphatic carbocycles. The number of benzene rings is 3. The van der Waals surface area contributed by atoms with Crippen LogP contribution in [0.5, 0.6) is 17.2 Å². The Morgan fingerprint density at radius 2 is 0.945 bits per heavy atom. The van der Waals surface area contributed by atoms with Crippen LogP contribution in [-0.2, 0) is 35.3 Å². The minimum atomic E-state index is -0.366. The van der Waals surface area contributed by atoms with Gasteiger partial charge in [0.15, 0.2) is 17.2 Å². The number of halogens is 3. The average molecular weight is 1010 g/mol. The highest BCUT2D eigenvalue weighted by atomic mass is 19.1. The lowest BCUT2D eigenvalue weighted by atomic mass is 9.90. The first-order valence-electron chi connectivity index (χ1n) is 24.2. The number of carbonyl (C=O) groups excluding carboxylic acids is 2. The summed E-state index contributed by atoms with van der Waals surface area (Å²) in [6.07, 6.45) is 8.20. The second kappa shape index (κ2) is 24.1. The van der Waals surface area contributed by atoms with Crippen molar-refractivity contribution in [2.24, 2.45) is 17.8 Å². The molecule has 17 heteroatoms. The Balaban J connectivity index is 0.000000167. The van der Waals surface area contributed by atoms with Crippen molar-refractivity contribution in [3.63, 3.8) is 0 Å². The van der Waals surface area contributed by atoms with E-state index in [-0.39, 0.29) is 69.8 Å². The van der Waals surface area contributed by atoms with Crippen molar-refractivity contribution in [3.8, 4) is 17.2 Å². The SMILES string of the molecule is CC(=O)OC[C@@H]1C[C@@]1(COc1cnc(C)nc1C)c1cccc(F)c1.CC[C@@]1(c2cccc(F)c2)C[C@H]1COC(C)=O.Cc1ncc(O)c(C)n1.Cc1ncc(OC[C@@]2(c3cccc(F)c3)C[C@H]2CO)c(C)n1. The van der Waals surface area contributed by atoms with Crippen LogP contribution < -0.4 is 9.47 Å². The van der Waals surface area contributed by atoms with Gasteiger partial charge in [-0.25, -0.2) is 43.1 Å². The molecule has 3 fully saturated rings. The molecule has 3 saturated carbocycles. The summed E-state index contributed by atoms with van der Waals surface area (Å²) in [7, 11) is 0. The maximum absolute atomic E-state index is 13.7. The Hall–Kier alpha value is -7.01. The van der Waals surface area contributed by atoms with Gasteiger partial charge < -0.3 is 29.2 Å². The molecule has 2 N–H and O–H groups in total. The van der Waals surface area contributed by atoms with E-state index in [1.165, 1.54) is 50.4 Å². The van der Waals surface area contributed by atoms with Gasteiger partial charge in [0.2, 0.25) is 0 Å². The molecule has 3 aliphatic rings. The van der Waals surface area contributed by atoms with E-state index >= 15 is 0 Å². The van der Waals surface area contributed by atoms with Crippen LogP contribution in [0.15, 0.2) is 91.4 Å². The number of nitrogens with zero attached hydrogens (tertiary/aromatic N) is 6. The average Bonchev–Trinajstić information content (AvgIpc) is 4.30. The van der Waals surface area contributed by atoms with Gasteiger partial charge in [0.05, 0.1) is 62.1 Å². The minimum Gasteiger partial charge on any atom is -0.504 e. The molecule has 3 aromatic heterocycles. The fourth-order valence-corrected chi connectivity index (χ4v) is 9.28. The van der Waals surface area contributed by atoms with E-state index in [2.05, 4.69) is 36.8 Å². The Bertz CT molecular complexity index is 2880. The van der Waals surface area contributed by atoms with E-state index in [4.69, 9.17) is 24.1 Å². The van der Waals surface area contributed by atoms with Crippen LogP contribution in [0.1, 0.15) is 97.7 Å². The molecule has 0 bridgehead atoms. The molecule has 0 saturated heterocycles. The third-order valence-corrected chi connectivity index (χ3v) is 13.9. The predicted molar refractivity (Wildman–Crippen MR) is 266 cm³/mol. The van der Waals surface area contributed by atoms with Crippen LogP contribution in [0.3, 0.4) is 0 Å². The monoisotopic (exact) mass is 1010 g/mol. The van der Waals surface area contributed by atoms with E-state index in [1.54, 1.807) is 50.5 Å². The van der Waals surface area contributed by atoms with Crippen molar-refractivity contribution in [1.29, 1.82) is 0 Å². The first kappa shape index (κ1) is 55.3. The van der Waals surface area contributed by atoms with Gasteiger partial charge in [-0.3, -0.25) is 9.59 Å². The van der Waals surface area contributed by atoms with E-state index in [0.717, 1.165) is 53.8 Å². The fourth-order valence-electron chi connectivity index (χ4n) is 9.28. The highest BCUT2D eigenvalue weighted by Gasteiger charge is 2.57. The number of esters is 2. The number of hydrogen-bond donors (Lipinski definition) is 2. The minimum absolute atomic E-state index is 0.0115. The van der Waals surface area contributed by atoms with Gasteiger partial charge in [-0.05, 0) is 126 Å². The molecular weight excluding hydrogens is 942 g/mol. The van der Waals surface area contributed by atoms with Crippen molar-refractivity contribution in [3.05, 3.63) is 160 Å². The first-order chi connectivity index (χ1) is 34.7. The molecule has 388 valence electrons. The maximum Gasteiger partial charge on any atom is 0.302 e. The highest BCUT2D eigenvalue weighted by molar-refractivity contribution is 5.66. The molecule has 3 aromatic carbocycles. The van der Waals surface area contributed by atoms with Gasteiger partial charge in [-0.2, -0.15) is 0 Å². The van der Waals surface area contributed by atoms with Crippen LogP contribution in [0.2, 0.25) is 0 Å². The van der Waals surface area contributed by atoms with Crippen LogP contribution in [0.4, 0.5) is 13.2 Å². The van der Waals surface area contributed by atoms with Crippen LogP contribution in [-0.4, -0.2) is 85.1 Å². The summed E-state index contributed by atoms with van der Waals surface area (Å²) >= 11 is 0. The summed E-state index contributed by atoms with van der Waals surface area (Å²) < 4.78 is 62.5. The quantitative estimate of drug-likeness (QED) is 0.0926. The van der Waals surface area contributed by atoms with E-state index in [1.807, 2.05) is 45.9 Å². The summed E-state index contributed by atoms with van der Waals surface area (Å²) in [5.41, 5.74) is 4.25. The summed E-state index contributed by atoms with van der Waals surface area (Å²) in [5.74, 6) is 2.67. The molecule has 3 heterocycles. The van der Waals surface area contributed by atoms with E-state index in [0.29, 0.717) is 67.0 Å². The zero-order valence-electron chi connectivity index (χ0n) is 42.9. The Morgan fingerprint density at radius 3 is 1.30 bits per heavy atom. The standard InChI is InChI=1S/C19H21FN2O3.C17H19FN2O2.C14H17FO2.C6H8N2O/c1-12-18(9-21-13(2)22-12)25-11-19(8-16(19)10-24-14(3)23)15-5-4-6-17(20)7-15;1-11-16(8-19-12(2)20-11)22-10-17(7-14(17)9-21)13-4-3-5-15(18)6-13;1-3-14(8-12(14)9-17-10(2)16)11-5-4-6-13(15)7-11;1-4-6(9)3-7-5(2)8-4/h4-7,9,16H,8,10-11H2,1-3H3;3-6,8,14,21H,7,9-10H2,1-2H3;4-7,12H,3,8-9H2,1-2H3;3,9H,1-2H3/t16-,19+;14-,17+;12-,14-;/m000./s1. The zero-order chi connectivity index (χ0) is 53.1. The van der Waals surface area contributed by atoms with Crippen molar-refractivity contribution in [1.82, 2.24) is 29.9 Å². The van der Waals surface area contributed by atoms with Crippen molar-refractivity contribution in [2.75, 3.05) is 33.0 Å². The highest BCUT2D eigenvalue weighted by Crippen LogP contribution is 2.57. The molecule has 6 aromatic rings. The van der Waals surface area contributed by atoms with Crippen molar-refractivity contribution < 1.29 is 51.9 Å². The number of aromatic nitrogens is 6. The maximum atomic E-state index is 13.7. The van der Waals surface area contributed by atoms with Gasteiger partial charge in [0.1, 0.15) is 34.9 Å². The topological polar surface area (TPSA) is 189 Å². The summed E-state index contributed by atoms with van der Waals surface area (Å²) in [5, 5.41) is 18.4. The lowest BCUT2D eigenvalue weighted by Crippen LogP contribution is -2.23. The van der Waals surface area contributed by atoms with Crippen LogP contribution in [0, 0.1) is 76.7 Å².